The van der Waals surface area contributed by atoms with Crippen molar-refractivity contribution in [3.8, 4) is 11.3 Å². The number of ether oxygens (including phenoxy) is 1. The molecule has 40 heavy (non-hydrogen) atoms. The van der Waals surface area contributed by atoms with E-state index in [0.29, 0.717) is 5.92 Å². The zero-order chi connectivity index (χ0) is 27.6. The van der Waals surface area contributed by atoms with Crippen LogP contribution in [0.15, 0.2) is 107 Å². The third-order valence-electron chi connectivity index (χ3n) is 8.42. The Balaban J connectivity index is 1.47. The summed E-state index contributed by atoms with van der Waals surface area (Å²) in [6, 6.07) is 30.2. The number of methoxy groups -OCH3 is 1. The summed E-state index contributed by atoms with van der Waals surface area (Å²) in [5.41, 5.74) is 7.38. The van der Waals surface area contributed by atoms with Crippen LogP contribution >= 0.6 is 11.8 Å². The first kappa shape index (κ1) is 26.4. The fraction of sp³-hybridized carbons (Fsp3) is 0.257. The SMILES string of the molecule is COC(=O)C1CCC(C(=C\c2cc(-c3ccccc3)[n+](C)c3ccccc23)/C=C2/Sc3ccccc3N2C)CC1. The van der Waals surface area contributed by atoms with E-state index in [9.17, 15) is 4.79 Å². The van der Waals surface area contributed by atoms with Crippen molar-refractivity contribution in [2.75, 3.05) is 19.1 Å². The van der Waals surface area contributed by atoms with Crippen LogP contribution in [0.25, 0.3) is 28.2 Å². The molecule has 4 aromatic rings. The van der Waals surface area contributed by atoms with Gasteiger partial charge in [0.15, 0.2) is 0 Å². The van der Waals surface area contributed by atoms with E-state index < -0.39 is 0 Å². The van der Waals surface area contributed by atoms with Crippen LogP contribution in [0, 0.1) is 11.8 Å². The molecule has 1 aromatic heterocycles. The lowest BCUT2D eigenvalue weighted by atomic mass is 9.78. The first-order valence-electron chi connectivity index (χ1n) is 14.0. The highest BCUT2D eigenvalue weighted by Crippen LogP contribution is 2.46. The van der Waals surface area contributed by atoms with Gasteiger partial charge >= 0.3 is 5.97 Å². The molecule has 1 saturated carbocycles. The Morgan fingerprint density at radius 2 is 1.60 bits per heavy atom. The summed E-state index contributed by atoms with van der Waals surface area (Å²) in [7, 11) is 5.80. The zero-order valence-electron chi connectivity index (χ0n) is 23.3. The quantitative estimate of drug-likeness (QED) is 0.189. The lowest BCUT2D eigenvalue weighted by Crippen LogP contribution is -2.32. The van der Waals surface area contributed by atoms with E-state index in [4.69, 9.17) is 4.74 Å². The number of aromatic nitrogens is 1. The van der Waals surface area contributed by atoms with Gasteiger partial charge < -0.3 is 9.64 Å². The smallest absolute Gasteiger partial charge is 0.308 e. The third-order valence-corrected chi connectivity index (χ3v) is 9.58. The van der Waals surface area contributed by atoms with E-state index in [1.54, 1.807) is 0 Å². The lowest BCUT2D eigenvalue weighted by Gasteiger charge is -2.28. The van der Waals surface area contributed by atoms with Crippen LogP contribution in [0.1, 0.15) is 31.2 Å². The number of pyridine rings is 1. The number of fused-ring (bicyclic) bond motifs is 2. The number of para-hydroxylation sites is 2. The molecule has 0 saturated heterocycles. The minimum Gasteiger partial charge on any atom is -0.469 e. The van der Waals surface area contributed by atoms with Crippen molar-refractivity contribution in [3.05, 3.63) is 107 Å². The lowest BCUT2D eigenvalue weighted by molar-refractivity contribution is -0.633. The summed E-state index contributed by atoms with van der Waals surface area (Å²) in [6.45, 7) is 0. The fourth-order valence-corrected chi connectivity index (χ4v) is 7.25. The number of allylic oxidation sites excluding steroid dienone is 2. The summed E-state index contributed by atoms with van der Waals surface area (Å²) >= 11 is 1.83. The number of esters is 1. The van der Waals surface area contributed by atoms with Gasteiger partial charge in [-0.25, -0.2) is 0 Å². The second-order valence-corrected chi connectivity index (χ2v) is 11.8. The Hall–Kier alpha value is -3.83. The molecule has 1 aliphatic heterocycles. The third kappa shape index (κ3) is 5.06. The van der Waals surface area contributed by atoms with Crippen LogP contribution < -0.4 is 9.47 Å². The number of thioether (sulfide) groups is 1. The van der Waals surface area contributed by atoms with E-state index in [1.807, 2.05) is 11.8 Å². The maximum atomic E-state index is 12.3. The molecule has 0 unspecified atom stereocenters. The van der Waals surface area contributed by atoms with Crippen LogP contribution in [0.4, 0.5) is 5.69 Å². The summed E-state index contributed by atoms with van der Waals surface area (Å²) in [5, 5.41) is 2.47. The second kappa shape index (κ2) is 11.3. The van der Waals surface area contributed by atoms with Crippen molar-refractivity contribution in [2.24, 2.45) is 18.9 Å². The molecule has 1 aliphatic carbocycles. The molecule has 0 N–H and O–H groups in total. The van der Waals surface area contributed by atoms with Gasteiger partial charge in [0, 0.05) is 29.6 Å². The van der Waals surface area contributed by atoms with Crippen LogP contribution in [0.2, 0.25) is 0 Å². The number of hydrogen-bond donors (Lipinski definition) is 0. The highest BCUT2D eigenvalue weighted by molar-refractivity contribution is 8.03. The molecule has 0 spiro atoms. The molecule has 2 aliphatic rings. The van der Waals surface area contributed by atoms with Gasteiger partial charge in [-0.15, -0.1) is 0 Å². The number of rotatable bonds is 5. The number of anilines is 1. The molecule has 3 aromatic carbocycles. The molecule has 0 amide bonds. The Morgan fingerprint density at radius 3 is 2.35 bits per heavy atom. The zero-order valence-corrected chi connectivity index (χ0v) is 24.2. The Kier molecular flexibility index (Phi) is 7.48. The van der Waals surface area contributed by atoms with Crippen LogP contribution in [0.5, 0.6) is 0 Å². The molecule has 4 nitrogen and oxygen atoms in total. The number of carbonyl (C=O) groups is 1. The standard InChI is InChI=1S/C35H35N2O2S/c1-36-30-14-8-7-13-29(30)28(22-32(36)25-11-5-4-6-12-25)21-27(24-17-19-26(20-18-24)35(38)39-3)23-34-37(2)31-15-9-10-16-33(31)40-34/h4-16,21-24,26H,17-20H2,1-3H3/q+1. The van der Waals surface area contributed by atoms with E-state index in [0.717, 1.165) is 25.7 Å². The van der Waals surface area contributed by atoms with Gasteiger partial charge in [-0.3, -0.25) is 4.79 Å². The molecule has 0 bridgehead atoms. The van der Waals surface area contributed by atoms with E-state index in [2.05, 4.69) is 121 Å². The number of aryl methyl sites for hydroxylation is 1. The molecule has 202 valence electrons. The van der Waals surface area contributed by atoms with E-state index in [1.165, 1.54) is 56.0 Å². The van der Waals surface area contributed by atoms with Crippen molar-refractivity contribution in [1.82, 2.24) is 0 Å². The second-order valence-electron chi connectivity index (χ2n) is 10.8. The summed E-state index contributed by atoms with van der Waals surface area (Å²) < 4.78 is 7.37. The average molecular weight is 548 g/mol. The first-order valence-corrected chi connectivity index (χ1v) is 14.8. The molecule has 1 fully saturated rings. The minimum absolute atomic E-state index is 0.00391. The fourth-order valence-electron chi connectivity index (χ4n) is 6.14. The van der Waals surface area contributed by atoms with Gasteiger partial charge in [-0.1, -0.05) is 60.3 Å². The van der Waals surface area contributed by atoms with Crippen molar-refractivity contribution >= 4 is 40.4 Å². The topological polar surface area (TPSA) is 33.4 Å². The molecular weight excluding hydrogens is 512 g/mol. The van der Waals surface area contributed by atoms with Gasteiger partial charge in [0.05, 0.1) is 29.1 Å². The van der Waals surface area contributed by atoms with Gasteiger partial charge in [0.2, 0.25) is 11.2 Å². The van der Waals surface area contributed by atoms with Gasteiger partial charge in [-0.05, 0) is 79.1 Å². The number of hydrogen-bond acceptors (Lipinski definition) is 4. The van der Waals surface area contributed by atoms with Crippen molar-refractivity contribution in [3.63, 3.8) is 0 Å². The molecule has 6 rings (SSSR count). The van der Waals surface area contributed by atoms with E-state index in [-0.39, 0.29) is 11.9 Å². The molecule has 0 atom stereocenters. The maximum absolute atomic E-state index is 12.3. The molecule has 2 heterocycles. The highest BCUT2D eigenvalue weighted by atomic mass is 32.2. The monoisotopic (exact) mass is 547 g/mol. The first-order chi connectivity index (χ1) is 19.5. The normalized spacial score (nSPS) is 20.1. The van der Waals surface area contributed by atoms with Gasteiger partial charge in [0.1, 0.15) is 7.05 Å². The number of carbonyl (C=O) groups excluding carboxylic acids is 1. The molecule has 0 radical (unpaired) electrons. The Morgan fingerprint density at radius 1 is 0.925 bits per heavy atom. The number of benzene rings is 3. The Bertz CT molecular complexity index is 1620. The van der Waals surface area contributed by atoms with Crippen molar-refractivity contribution < 1.29 is 14.1 Å². The maximum Gasteiger partial charge on any atom is 0.308 e. The predicted molar refractivity (Wildman–Crippen MR) is 165 cm³/mol. The predicted octanol–water partition coefficient (Wildman–Crippen LogP) is 7.78. The molecule has 5 heteroatoms. The highest BCUT2D eigenvalue weighted by Gasteiger charge is 2.30. The summed E-state index contributed by atoms with van der Waals surface area (Å²) in [6.07, 6.45) is 8.46. The van der Waals surface area contributed by atoms with Gasteiger partial charge in [0.25, 0.3) is 0 Å². The summed E-state index contributed by atoms with van der Waals surface area (Å²) in [4.78, 5) is 15.9. The van der Waals surface area contributed by atoms with Crippen LogP contribution in [0.3, 0.4) is 0 Å². The average Bonchev–Trinajstić information content (AvgIpc) is 3.33. The van der Waals surface area contributed by atoms with E-state index >= 15 is 0 Å². The van der Waals surface area contributed by atoms with Crippen molar-refractivity contribution in [2.45, 2.75) is 30.6 Å². The number of nitrogens with zero attached hydrogens (tertiary/aromatic N) is 2. The van der Waals surface area contributed by atoms with Crippen LogP contribution in [-0.2, 0) is 16.6 Å². The largest absolute Gasteiger partial charge is 0.469 e. The Labute approximate surface area is 241 Å². The van der Waals surface area contributed by atoms with Crippen LogP contribution in [-0.4, -0.2) is 20.1 Å². The molecular formula is C35H35N2O2S+. The summed E-state index contributed by atoms with van der Waals surface area (Å²) in [5.74, 6) is 0.307. The van der Waals surface area contributed by atoms with Gasteiger partial charge in [-0.2, -0.15) is 4.57 Å². The van der Waals surface area contributed by atoms with Crippen molar-refractivity contribution in [1.29, 1.82) is 0 Å². The minimum atomic E-state index is -0.0714.